The summed E-state index contributed by atoms with van der Waals surface area (Å²) in [7, 11) is 0. The van der Waals surface area contributed by atoms with E-state index in [4.69, 9.17) is 5.73 Å². The van der Waals surface area contributed by atoms with E-state index in [1.165, 1.54) is 5.56 Å². The first kappa shape index (κ1) is 19.5. The Kier molecular flexibility index (Phi) is 5.14. The Morgan fingerprint density at radius 2 is 1.79 bits per heavy atom. The predicted octanol–water partition coefficient (Wildman–Crippen LogP) is 4.85. The molecule has 4 nitrogen and oxygen atoms in total. The fourth-order valence-corrected chi connectivity index (χ4v) is 3.10. The van der Waals surface area contributed by atoms with Crippen LogP contribution in [-0.4, -0.2) is 5.91 Å². The van der Waals surface area contributed by atoms with E-state index < -0.39 is 0 Å². The van der Waals surface area contributed by atoms with Gasteiger partial charge in [0, 0.05) is 23.0 Å². The maximum atomic E-state index is 12.7. The molecule has 28 heavy (non-hydrogen) atoms. The lowest BCUT2D eigenvalue weighted by molar-refractivity contribution is 0.102. The number of anilines is 1. The first-order valence-electron chi connectivity index (χ1n) is 9.32. The molecule has 1 amide bonds. The van der Waals surface area contributed by atoms with Crippen LogP contribution in [0.25, 0.3) is 5.57 Å². The van der Waals surface area contributed by atoms with Crippen molar-refractivity contribution in [3.63, 3.8) is 0 Å². The van der Waals surface area contributed by atoms with Crippen molar-refractivity contribution in [2.75, 3.05) is 5.32 Å². The zero-order valence-electron chi connectivity index (χ0n) is 16.9. The summed E-state index contributed by atoms with van der Waals surface area (Å²) in [5, 5.41) is 6.10. The Balaban J connectivity index is 1.84. The Hall–Kier alpha value is -3.27. The lowest BCUT2D eigenvalue weighted by Crippen LogP contribution is -2.17. The number of carbonyl (C=O) groups excluding carboxylic acids is 1. The molecule has 2 aromatic rings. The van der Waals surface area contributed by atoms with Gasteiger partial charge in [-0.3, -0.25) is 4.79 Å². The van der Waals surface area contributed by atoms with Crippen molar-refractivity contribution in [2.45, 2.75) is 33.1 Å². The van der Waals surface area contributed by atoms with Crippen molar-refractivity contribution in [1.29, 1.82) is 0 Å². The minimum atomic E-state index is -0.125. The van der Waals surface area contributed by atoms with Crippen molar-refractivity contribution in [3.05, 3.63) is 95.0 Å². The highest BCUT2D eigenvalue weighted by atomic mass is 16.1. The molecule has 144 valence electrons. The van der Waals surface area contributed by atoms with Gasteiger partial charge in [0.2, 0.25) is 0 Å². The van der Waals surface area contributed by atoms with E-state index in [0.29, 0.717) is 17.0 Å². The van der Waals surface area contributed by atoms with Crippen LogP contribution in [0.5, 0.6) is 0 Å². The standard InChI is InChI=1S/C24H27N3O/c1-15-20(18-13-21(25)16(2)26-14-18)7-6-8-22(15)27-23(28)17-9-11-19(12-10-17)24(3,4)5/h6-14,26H,2,25H2,1,3-5H3,(H,27,28). The quantitative estimate of drug-likeness (QED) is 0.721. The van der Waals surface area contributed by atoms with E-state index in [1.54, 1.807) is 0 Å². The van der Waals surface area contributed by atoms with Crippen LogP contribution in [0.1, 0.15) is 47.8 Å². The minimum absolute atomic E-state index is 0.0579. The molecule has 0 radical (unpaired) electrons. The summed E-state index contributed by atoms with van der Waals surface area (Å²) >= 11 is 0. The van der Waals surface area contributed by atoms with Gasteiger partial charge < -0.3 is 16.4 Å². The highest BCUT2D eigenvalue weighted by Gasteiger charge is 2.16. The van der Waals surface area contributed by atoms with Crippen molar-refractivity contribution in [2.24, 2.45) is 5.73 Å². The maximum absolute atomic E-state index is 12.7. The lowest BCUT2D eigenvalue weighted by Gasteiger charge is -2.19. The third-order valence-corrected chi connectivity index (χ3v) is 4.97. The Morgan fingerprint density at radius 1 is 1.11 bits per heavy atom. The Labute approximate surface area is 166 Å². The summed E-state index contributed by atoms with van der Waals surface area (Å²) in [5.41, 5.74) is 12.9. The van der Waals surface area contributed by atoms with Gasteiger partial charge >= 0.3 is 0 Å². The number of allylic oxidation sites excluding steroid dienone is 2. The topological polar surface area (TPSA) is 67.1 Å². The van der Waals surface area contributed by atoms with Crippen molar-refractivity contribution in [1.82, 2.24) is 5.32 Å². The van der Waals surface area contributed by atoms with Gasteiger partial charge in [0.25, 0.3) is 5.91 Å². The van der Waals surface area contributed by atoms with Gasteiger partial charge in [-0.25, -0.2) is 0 Å². The number of hydrogen-bond acceptors (Lipinski definition) is 3. The van der Waals surface area contributed by atoms with Crippen LogP contribution in [-0.2, 0) is 5.41 Å². The highest BCUT2D eigenvalue weighted by Crippen LogP contribution is 2.29. The zero-order chi connectivity index (χ0) is 20.5. The van der Waals surface area contributed by atoms with Gasteiger partial charge in [0.1, 0.15) is 0 Å². The largest absolute Gasteiger partial charge is 0.397 e. The molecule has 0 aliphatic carbocycles. The number of carbonyl (C=O) groups is 1. The van der Waals surface area contributed by atoms with Gasteiger partial charge in [0.15, 0.2) is 0 Å². The molecule has 3 rings (SSSR count). The van der Waals surface area contributed by atoms with Gasteiger partial charge in [-0.05, 0) is 53.3 Å². The summed E-state index contributed by atoms with van der Waals surface area (Å²) < 4.78 is 0. The fourth-order valence-electron chi connectivity index (χ4n) is 3.10. The molecule has 0 fully saturated rings. The number of benzene rings is 2. The van der Waals surface area contributed by atoms with Crippen LogP contribution in [0.15, 0.2) is 72.7 Å². The van der Waals surface area contributed by atoms with E-state index in [2.05, 4.69) is 38.0 Å². The molecule has 2 aromatic carbocycles. The van der Waals surface area contributed by atoms with Crippen LogP contribution in [0.4, 0.5) is 5.69 Å². The molecular weight excluding hydrogens is 346 g/mol. The van der Waals surface area contributed by atoms with Gasteiger partial charge in [-0.1, -0.05) is 51.6 Å². The number of amides is 1. The van der Waals surface area contributed by atoms with Crippen molar-refractivity contribution >= 4 is 17.2 Å². The number of nitrogens with one attached hydrogen (secondary N) is 2. The number of nitrogens with two attached hydrogens (primary N) is 1. The van der Waals surface area contributed by atoms with E-state index in [1.807, 2.05) is 61.7 Å². The summed E-state index contributed by atoms with van der Waals surface area (Å²) in [6.45, 7) is 12.3. The molecule has 0 bridgehead atoms. The van der Waals surface area contributed by atoms with E-state index >= 15 is 0 Å². The fraction of sp³-hybridized carbons (Fsp3) is 0.208. The second kappa shape index (κ2) is 7.39. The van der Waals surface area contributed by atoms with Crippen LogP contribution in [0.2, 0.25) is 0 Å². The van der Waals surface area contributed by atoms with Crippen LogP contribution in [0, 0.1) is 6.92 Å². The number of dihydropyridines is 1. The molecule has 0 saturated heterocycles. The SMILES string of the molecule is C=C1NC=C(c2cccc(NC(=O)c3ccc(C(C)(C)C)cc3)c2C)C=C1N. The molecule has 0 saturated carbocycles. The molecule has 0 aromatic heterocycles. The first-order chi connectivity index (χ1) is 13.2. The summed E-state index contributed by atoms with van der Waals surface area (Å²) in [6, 6.07) is 13.6. The molecule has 0 unspecified atom stereocenters. The number of hydrogen-bond donors (Lipinski definition) is 3. The molecule has 4 N–H and O–H groups in total. The second-order valence-electron chi connectivity index (χ2n) is 8.08. The average molecular weight is 374 g/mol. The van der Waals surface area contributed by atoms with Gasteiger partial charge in [-0.2, -0.15) is 0 Å². The Morgan fingerprint density at radius 3 is 2.39 bits per heavy atom. The third kappa shape index (κ3) is 4.01. The van der Waals surface area contributed by atoms with Gasteiger partial charge in [-0.15, -0.1) is 0 Å². The molecule has 1 aliphatic rings. The Bertz CT molecular complexity index is 990. The summed E-state index contributed by atoms with van der Waals surface area (Å²) in [6.07, 6.45) is 3.76. The molecule has 4 heteroatoms. The third-order valence-electron chi connectivity index (χ3n) is 4.97. The highest BCUT2D eigenvalue weighted by molar-refractivity contribution is 6.05. The van der Waals surface area contributed by atoms with E-state index in [9.17, 15) is 4.79 Å². The summed E-state index contributed by atoms with van der Waals surface area (Å²) in [5.74, 6) is -0.125. The smallest absolute Gasteiger partial charge is 0.255 e. The van der Waals surface area contributed by atoms with Crippen molar-refractivity contribution in [3.8, 4) is 0 Å². The minimum Gasteiger partial charge on any atom is -0.397 e. The van der Waals surface area contributed by atoms with Crippen LogP contribution >= 0.6 is 0 Å². The predicted molar refractivity (Wildman–Crippen MR) is 117 cm³/mol. The first-order valence-corrected chi connectivity index (χ1v) is 9.32. The van der Waals surface area contributed by atoms with Gasteiger partial charge in [0.05, 0.1) is 11.4 Å². The number of rotatable bonds is 3. The monoisotopic (exact) mass is 373 g/mol. The average Bonchev–Trinajstić information content (AvgIpc) is 2.65. The maximum Gasteiger partial charge on any atom is 0.255 e. The zero-order valence-corrected chi connectivity index (χ0v) is 16.9. The molecular formula is C24H27N3O. The van der Waals surface area contributed by atoms with E-state index in [-0.39, 0.29) is 11.3 Å². The lowest BCUT2D eigenvalue weighted by atomic mass is 9.86. The van der Waals surface area contributed by atoms with Crippen molar-refractivity contribution < 1.29 is 4.79 Å². The molecule has 0 atom stereocenters. The summed E-state index contributed by atoms with van der Waals surface area (Å²) in [4.78, 5) is 12.7. The molecule has 1 heterocycles. The van der Waals surface area contributed by atoms with Crippen LogP contribution in [0.3, 0.4) is 0 Å². The van der Waals surface area contributed by atoms with E-state index in [0.717, 1.165) is 22.4 Å². The second-order valence-corrected chi connectivity index (χ2v) is 8.08. The normalized spacial score (nSPS) is 14.1. The van der Waals surface area contributed by atoms with Crippen LogP contribution < -0.4 is 16.4 Å². The molecule has 0 spiro atoms. The molecule has 1 aliphatic heterocycles.